The summed E-state index contributed by atoms with van der Waals surface area (Å²) in [7, 11) is 0. The van der Waals surface area contributed by atoms with Gasteiger partial charge in [-0.05, 0) is 70.6 Å². The van der Waals surface area contributed by atoms with Gasteiger partial charge in [0.25, 0.3) is 0 Å². The van der Waals surface area contributed by atoms with Crippen LogP contribution >= 0.6 is 0 Å². The maximum atomic E-state index is 11.9. The van der Waals surface area contributed by atoms with Crippen LogP contribution in [-0.4, -0.2) is 21.0 Å². The predicted molar refractivity (Wildman–Crippen MR) is 121 cm³/mol. The second kappa shape index (κ2) is 8.29. The minimum Gasteiger partial charge on any atom is -0.478 e. The third-order valence-corrected chi connectivity index (χ3v) is 5.12. The van der Waals surface area contributed by atoms with E-state index in [0.717, 1.165) is 27.6 Å². The third kappa shape index (κ3) is 3.98. The van der Waals surface area contributed by atoms with E-state index in [4.69, 9.17) is 0 Å². The minimum absolute atomic E-state index is 0.230. The topological polar surface area (TPSA) is 63.1 Å². The summed E-state index contributed by atoms with van der Waals surface area (Å²) in [5.41, 5.74) is 5.92. The largest absolute Gasteiger partial charge is 0.478 e. The molecule has 0 spiro atoms. The van der Waals surface area contributed by atoms with E-state index in [1.165, 1.54) is 5.56 Å². The van der Waals surface area contributed by atoms with E-state index >= 15 is 0 Å². The molecule has 1 N–H and O–H groups in total. The fraction of sp³-hybridized carbons (Fsp3) is 0.115. The molecule has 0 radical (unpaired) electrons. The van der Waals surface area contributed by atoms with Gasteiger partial charge in [0.2, 0.25) is 0 Å². The summed E-state index contributed by atoms with van der Waals surface area (Å²) in [4.78, 5) is 20.4. The van der Waals surface area contributed by atoms with Gasteiger partial charge in [-0.2, -0.15) is 0 Å². The van der Waals surface area contributed by atoms with Gasteiger partial charge in [-0.15, -0.1) is 0 Å². The Balaban J connectivity index is 1.86. The Labute approximate surface area is 175 Å². The zero-order chi connectivity index (χ0) is 21.1. The van der Waals surface area contributed by atoms with Gasteiger partial charge in [0.1, 0.15) is 0 Å². The lowest BCUT2D eigenvalue weighted by molar-refractivity contribution is -0.130. The molecule has 0 saturated heterocycles. The molecule has 2 aromatic heterocycles. The number of benzene rings is 2. The van der Waals surface area contributed by atoms with Gasteiger partial charge in [0.15, 0.2) is 0 Å². The monoisotopic (exact) mass is 394 g/mol. The first kappa shape index (κ1) is 19.5. The number of fused-ring (bicyclic) bond motifs is 1. The number of carboxylic acid groups (broad SMARTS) is 1. The average Bonchev–Trinajstić information content (AvgIpc) is 2.77. The third-order valence-electron chi connectivity index (χ3n) is 5.12. The van der Waals surface area contributed by atoms with Crippen LogP contribution in [0, 0.1) is 0 Å². The van der Waals surface area contributed by atoms with Crippen molar-refractivity contribution >= 4 is 28.5 Å². The molecule has 148 valence electrons. The Bertz CT molecular complexity index is 1240. The van der Waals surface area contributed by atoms with Gasteiger partial charge in [-0.3, -0.25) is 9.97 Å². The summed E-state index contributed by atoms with van der Waals surface area (Å²) in [6, 6.07) is 19.7. The van der Waals surface area contributed by atoms with Gasteiger partial charge in [0.05, 0.1) is 11.1 Å². The number of aliphatic carboxylic acids is 1. The number of nitrogens with zero attached hydrogens (tertiary/aromatic N) is 2. The van der Waals surface area contributed by atoms with Crippen molar-refractivity contribution in [1.82, 2.24) is 9.97 Å². The maximum absolute atomic E-state index is 11.9. The Hall–Kier alpha value is -3.79. The summed E-state index contributed by atoms with van der Waals surface area (Å²) in [6.07, 6.45) is 6.69. The van der Waals surface area contributed by atoms with Crippen LogP contribution in [0.3, 0.4) is 0 Å². The summed E-state index contributed by atoms with van der Waals surface area (Å²) < 4.78 is 0. The molecule has 0 aliphatic rings. The number of aromatic nitrogens is 2. The van der Waals surface area contributed by atoms with Crippen molar-refractivity contribution < 1.29 is 9.90 Å². The normalized spacial score (nSPS) is 11.8. The molecule has 0 amide bonds. The van der Waals surface area contributed by atoms with Crippen LogP contribution < -0.4 is 0 Å². The van der Waals surface area contributed by atoms with Crippen LogP contribution in [0.4, 0.5) is 0 Å². The molecule has 4 heteroatoms. The maximum Gasteiger partial charge on any atom is 0.336 e. The molecule has 2 aromatic carbocycles. The highest BCUT2D eigenvalue weighted by molar-refractivity contribution is 6.20. The highest BCUT2D eigenvalue weighted by atomic mass is 16.4. The number of hydrogen-bond donors (Lipinski definition) is 1. The molecule has 0 saturated carbocycles. The van der Waals surface area contributed by atoms with Crippen molar-refractivity contribution in [2.24, 2.45) is 0 Å². The molecule has 0 fully saturated rings. The lowest BCUT2D eigenvalue weighted by Gasteiger charge is -2.13. The Morgan fingerprint density at radius 1 is 0.967 bits per heavy atom. The van der Waals surface area contributed by atoms with E-state index < -0.39 is 5.97 Å². The first-order chi connectivity index (χ1) is 14.5. The molecule has 0 bridgehead atoms. The molecule has 4 aromatic rings. The predicted octanol–water partition coefficient (Wildman–Crippen LogP) is 6.05. The standard InChI is InChI=1S/C26H22N2O2/c1-17(2)22-15-21-7-4-10-28-25(21)23(16-22)20-6-3-5-18(13-20)14-24(26(29)30)19-8-11-27-12-9-19/h3-17H,1-2H3,(H,29,30)/b24-14-. The van der Waals surface area contributed by atoms with Gasteiger partial charge < -0.3 is 5.11 Å². The molecular weight excluding hydrogens is 372 g/mol. The summed E-state index contributed by atoms with van der Waals surface area (Å²) in [6.45, 7) is 4.35. The van der Waals surface area contributed by atoms with E-state index in [9.17, 15) is 9.90 Å². The zero-order valence-electron chi connectivity index (χ0n) is 16.9. The minimum atomic E-state index is -0.972. The number of hydrogen-bond acceptors (Lipinski definition) is 3. The quantitative estimate of drug-likeness (QED) is 0.419. The van der Waals surface area contributed by atoms with Crippen LogP contribution in [0.1, 0.15) is 36.5 Å². The lowest BCUT2D eigenvalue weighted by Crippen LogP contribution is -1.99. The second-order valence-electron chi connectivity index (χ2n) is 7.52. The number of carboxylic acids is 1. The van der Waals surface area contributed by atoms with Crippen molar-refractivity contribution in [3.05, 3.63) is 95.9 Å². The molecule has 0 aliphatic heterocycles. The van der Waals surface area contributed by atoms with Crippen molar-refractivity contribution in [2.45, 2.75) is 19.8 Å². The van der Waals surface area contributed by atoms with Crippen LogP contribution in [0.25, 0.3) is 33.7 Å². The first-order valence-corrected chi connectivity index (χ1v) is 9.87. The van der Waals surface area contributed by atoms with E-state index in [2.05, 4.69) is 42.0 Å². The lowest BCUT2D eigenvalue weighted by atomic mass is 9.93. The van der Waals surface area contributed by atoms with E-state index in [1.807, 2.05) is 30.3 Å². The molecule has 0 aliphatic carbocycles. The highest BCUT2D eigenvalue weighted by Gasteiger charge is 2.12. The molecule has 4 rings (SSSR count). The fourth-order valence-electron chi connectivity index (χ4n) is 3.53. The molecule has 0 unspecified atom stereocenters. The summed E-state index contributed by atoms with van der Waals surface area (Å²) >= 11 is 0. The SMILES string of the molecule is CC(C)c1cc(-c2cccc(/C=C(\C(=O)O)c3ccncc3)c2)c2ncccc2c1. The van der Waals surface area contributed by atoms with Crippen LogP contribution in [0.2, 0.25) is 0 Å². The number of rotatable bonds is 5. The molecule has 2 heterocycles. The molecule has 0 atom stereocenters. The van der Waals surface area contributed by atoms with Gasteiger partial charge in [0, 0.05) is 29.5 Å². The van der Waals surface area contributed by atoms with Crippen LogP contribution in [-0.2, 0) is 4.79 Å². The van der Waals surface area contributed by atoms with E-state index in [1.54, 1.807) is 36.8 Å². The molecule has 4 nitrogen and oxygen atoms in total. The van der Waals surface area contributed by atoms with E-state index in [-0.39, 0.29) is 5.57 Å². The van der Waals surface area contributed by atoms with Crippen molar-refractivity contribution in [1.29, 1.82) is 0 Å². The van der Waals surface area contributed by atoms with Gasteiger partial charge in [-0.1, -0.05) is 38.1 Å². The zero-order valence-corrected chi connectivity index (χ0v) is 16.9. The second-order valence-corrected chi connectivity index (χ2v) is 7.52. The van der Waals surface area contributed by atoms with Gasteiger partial charge >= 0.3 is 5.97 Å². The van der Waals surface area contributed by atoms with E-state index in [0.29, 0.717) is 11.5 Å². The molecular formula is C26H22N2O2. The Morgan fingerprint density at radius 2 is 1.77 bits per heavy atom. The van der Waals surface area contributed by atoms with Crippen LogP contribution in [0.15, 0.2) is 79.3 Å². The Morgan fingerprint density at radius 3 is 2.50 bits per heavy atom. The number of carbonyl (C=O) groups is 1. The summed E-state index contributed by atoms with van der Waals surface area (Å²) in [5, 5.41) is 10.8. The number of pyridine rings is 2. The van der Waals surface area contributed by atoms with Crippen molar-refractivity contribution in [3.63, 3.8) is 0 Å². The molecule has 30 heavy (non-hydrogen) atoms. The highest BCUT2D eigenvalue weighted by Crippen LogP contribution is 2.32. The Kier molecular flexibility index (Phi) is 5.40. The van der Waals surface area contributed by atoms with Gasteiger partial charge in [-0.25, -0.2) is 4.79 Å². The first-order valence-electron chi connectivity index (χ1n) is 9.87. The average molecular weight is 394 g/mol. The van der Waals surface area contributed by atoms with Crippen LogP contribution in [0.5, 0.6) is 0 Å². The van der Waals surface area contributed by atoms with Crippen molar-refractivity contribution in [3.8, 4) is 11.1 Å². The summed E-state index contributed by atoms with van der Waals surface area (Å²) in [5.74, 6) is -0.581. The van der Waals surface area contributed by atoms with Crippen molar-refractivity contribution in [2.75, 3.05) is 0 Å². The fourth-order valence-corrected chi connectivity index (χ4v) is 3.53. The smallest absolute Gasteiger partial charge is 0.336 e.